The Morgan fingerprint density at radius 2 is 1.78 bits per heavy atom. The molecule has 1 N–H and O–H groups in total. The number of fused-ring (bicyclic) bond motifs is 1. The molecule has 5 nitrogen and oxygen atoms in total. The lowest BCUT2D eigenvalue weighted by atomic mass is 9.48. The van der Waals surface area contributed by atoms with Gasteiger partial charge in [-0.2, -0.15) is 15.8 Å². The third-order valence-electron chi connectivity index (χ3n) is 6.13. The van der Waals surface area contributed by atoms with Crippen molar-refractivity contribution in [3.63, 3.8) is 0 Å². The highest BCUT2D eigenvalue weighted by atomic mass is 19.1. The largest absolute Gasteiger partial charge is 0.305 e. The first-order valence-corrected chi connectivity index (χ1v) is 8.74. The monoisotopic (exact) mass is 361 g/mol. The van der Waals surface area contributed by atoms with Gasteiger partial charge >= 0.3 is 0 Å². The van der Waals surface area contributed by atoms with Crippen LogP contribution in [-0.2, 0) is 0 Å². The summed E-state index contributed by atoms with van der Waals surface area (Å²) in [6, 6.07) is 12.1. The van der Waals surface area contributed by atoms with Crippen LogP contribution in [0, 0.1) is 62.0 Å². The van der Waals surface area contributed by atoms with Crippen molar-refractivity contribution in [3.8, 4) is 18.2 Å². The average molecular weight is 361 g/mol. The molecule has 0 spiro atoms. The number of nitriles is 3. The number of rotatable bonds is 1. The van der Waals surface area contributed by atoms with Crippen molar-refractivity contribution in [2.75, 3.05) is 13.6 Å². The number of hydrogen-bond donors (Lipinski definition) is 1. The maximum Gasteiger partial charge on any atom is 0.190 e. The summed E-state index contributed by atoms with van der Waals surface area (Å²) in [6.45, 7) is 4.47. The van der Waals surface area contributed by atoms with Crippen LogP contribution in [0.3, 0.4) is 0 Å². The summed E-state index contributed by atoms with van der Waals surface area (Å²) in [7, 11) is 1.95. The maximum atomic E-state index is 13.5. The molecule has 1 fully saturated rings. The van der Waals surface area contributed by atoms with E-state index in [4.69, 9.17) is 5.41 Å². The average Bonchev–Trinajstić information content (AvgIpc) is 2.65. The van der Waals surface area contributed by atoms with Crippen molar-refractivity contribution in [1.29, 1.82) is 21.2 Å². The van der Waals surface area contributed by atoms with Crippen molar-refractivity contribution in [2.45, 2.75) is 25.8 Å². The number of likely N-dealkylation sites (N-methyl/N-ethyl adjacent to an activating group) is 1. The summed E-state index contributed by atoms with van der Waals surface area (Å²) in [5.41, 5.74) is -1.29. The van der Waals surface area contributed by atoms with Gasteiger partial charge in [-0.15, -0.1) is 0 Å². The van der Waals surface area contributed by atoms with Crippen LogP contribution in [0.15, 0.2) is 35.9 Å². The van der Waals surface area contributed by atoms with Gasteiger partial charge in [0.1, 0.15) is 11.7 Å². The Balaban J connectivity index is 2.36. The van der Waals surface area contributed by atoms with E-state index in [9.17, 15) is 20.2 Å². The molecule has 0 bridgehead atoms. The van der Waals surface area contributed by atoms with Crippen molar-refractivity contribution in [3.05, 3.63) is 47.3 Å². The van der Waals surface area contributed by atoms with E-state index in [2.05, 4.69) is 23.1 Å². The summed E-state index contributed by atoms with van der Waals surface area (Å²) >= 11 is 0. The summed E-state index contributed by atoms with van der Waals surface area (Å²) in [6.07, 6.45) is 1.97. The third kappa shape index (κ3) is 2.47. The lowest BCUT2D eigenvalue weighted by molar-refractivity contribution is 0.119. The molecule has 1 heterocycles. The molecule has 1 aliphatic heterocycles. The van der Waals surface area contributed by atoms with Crippen LogP contribution in [0.25, 0.3) is 0 Å². The summed E-state index contributed by atoms with van der Waals surface area (Å²) in [4.78, 5) is 2.10. The maximum absolute atomic E-state index is 13.5. The zero-order valence-corrected chi connectivity index (χ0v) is 15.5. The van der Waals surface area contributed by atoms with E-state index in [1.54, 1.807) is 12.1 Å². The van der Waals surface area contributed by atoms with E-state index in [1.807, 2.05) is 27.0 Å². The normalized spacial score (nSPS) is 32.4. The van der Waals surface area contributed by atoms with Crippen LogP contribution in [0.1, 0.15) is 25.3 Å². The Labute approximate surface area is 158 Å². The first kappa shape index (κ1) is 18.8. The van der Waals surface area contributed by atoms with Crippen molar-refractivity contribution >= 4 is 5.71 Å². The molecule has 0 unspecified atom stereocenters. The Bertz CT molecular complexity index is 929. The Kier molecular flexibility index (Phi) is 4.38. The molecule has 2 aliphatic rings. The van der Waals surface area contributed by atoms with E-state index in [0.29, 0.717) is 12.1 Å². The Hall–Kier alpha value is -3.01. The van der Waals surface area contributed by atoms with Gasteiger partial charge in [-0.3, -0.25) is 4.90 Å². The number of nitrogens with one attached hydrogen (secondary N) is 1. The smallest absolute Gasteiger partial charge is 0.190 e. The molecule has 0 radical (unpaired) electrons. The van der Waals surface area contributed by atoms with E-state index >= 15 is 0 Å². The topological polar surface area (TPSA) is 98.5 Å². The van der Waals surface area contributed by atoms with Gasteiger partial charge < -0.3 is 5.41 Å². The van der Waals surface area contributed by atoms with Gasteiger partial charge in [-0.05, 0) is 37.2 Å². The van der Waals surface area contributed by atoms with E-state index in [0.717, 1.165) is 5.57 Å². The molecule has 0 aromatic heterocycles. The number of benzene rings is 1. The van der Waals surface area contributed by atoms with Gasteiger partial charge in [0.05, 0.1) is 23.9 Å². The van der Waals surface area contributed by atoms with Gasteiger partial charge in [0.25, 0.3) is 0 Å². The second-order valence-corrected chi connectivity index (χ2v) is 7.69. The predicted octanol–water partition coefficient (Wildman–Crippen LogP) is 3.38. The highest BCUT2D eigenvalue weighted by Gasteiger charge is 2.63. The van der Waals surface area contributed by atoms with Crippen LogP contribution in [0.2, 0.25) is 0 Å². The fourth-order valence-electron chi connectivity index (χ4n) is 4.71. The minimum absolute atomic E-state index is 0.0715. The van der Waals surface area contributed by atoms with Crippen LogP contribution in [0.5, 0.6) is 0 Å². The van der Waals surface area contributed by atoms with Crippen LogP contribution in [-0.4, -0.2) is 30.2 Å². The standard InChI is InChI=1S/C21H20FN5/c1-13-8-17-16(9-23)19(26)21(10-24,11-25)18(20(17,2)12-27(13)3)14-4-6-15(22)7-5-14/h4-8,13,16,18,26H,12H2,1-3H3/t13-,16+,18+,20-/m1/s1. The van der Waals surface area contributed by atoms with Gasteiger partial charge in [0, 0.05) is 23.9 Å². The van der Waals surface area contributed by atoms with Gasteiger partial charge in [-0.1, -0.05) is 25.1 Å². The third-order valence-corrected chi connectivity index (χ3v) is 6.13. The Morgan fingerprint density at radius 1 is 1.19 bits per heavy atom. The fraction of sp³-hybridized carbons (Fsp3) is 0.429. The quantitative estimate of drug-likeness (QED) is 0.775. The second-order valence-electron chi connectivity index (χ2n) is 7.69. The molecule has 6 heteroatoms. The number of nitrogens with zero attached hydrogens (tertiary/aromatic N) is 4. The van der Waals surface area contributed by atoms with E-state index < -0.39 is 28.5 Å². The zero-order chi connectivity index (χ0) is 20.0. The molecule has 0 amide bonds. The number of hydrogen-bond acceptors (Lipinski definition) is 5. The molecular weight excluding hydrogens is 341 g/mol. The molecule has 3 rings (SSSR count). The SMILES string of the molecule is C[C@@H]1C=C2[C@H](C#N)C(=N)C(C#N)(C#N)[C@@H](c3ccc(F)cc3)[C@]2(C)CN1C. The number of halogens is 1. The summed E-state index contributed by atoms with van der Waals surface area (Å²) in [5.74, 6) is -2.00. The van der Waals surface area contributed by atoms with Gasteiger partial charge in [0.2, 0.25) is 0 Å². The second kappa shape index (κ2) is 6.31. The fourth-order valence-corrected chi connectivity index (χ4v) is 4.71. The van der Waals surface area contributed by atoms with Gasteiger partial charge in [-0.25, -0.2) is 4.39 Å². The molecule has 1 aromatic rings. The molecule has 4 atom stereocenters. The molecule has 1 saturated carbocycles. The van der Waals surface area contributed by atoms with Crippen LogP contribution >= 0.6 is 0 Å². The van der Waals surface area contributed by atoms with Crippen molar-refractivity contribution in [1.82, 2.24) is 4.90 Å². The van der Waals surface area contributed by atoms with Crippen LogP contribution in [0.4, 0.5) is 4.39 Å². The molecule has 136 valence electrons. The van der Waals surface area contributed by atoms with Crippen molar-refractivity contribution in [2.24, 2.45) is 16.7 Å². The summed E-state index contributed by atoms with van der Waals surface area (Å²) < 4.78 is 13.5. The molecule has 1 aromatic carbocycles. The zero-order valence-electron chi connectivity index (χ0n) is 15.5. The molecule has 27 heavy (non-hydrogen) atoms. The minimum atomic E-state index is -1.79. The minimum Gasteiger partial charge on any atom is -0.305 e. The van der Waals surface area contributed by atoms with Crippen LogP contribution < -0.4 is 0 Å². The van der Waals surface area contributed by atoms with Gasteiger partial charge in [0.15, 0.2) is 5.41 Å². The highest BCUT2D eigenvalue weighted by molar-refractivity contribution is 6.01. The van der Waals surface area contributed by atoms with E-state index in [1.165, 1.54) is 12.1 Å². The highest BCUT2D eigenvalue weighted by Crippen LogP contribution is 2.60. The molecule has 1 aliphatic carbocycles. The van der Waals surface area contributed by atoms with E-state index in [-0.39, 0.29) is 11.8 Å². The summed E-state index contributed by atoms with van der Waals surface area (Å²) in [5, 5.41) is 38.4. The lowest BCUT2D eigenvalue weighted by Crippen LogP contribution is -2.58. The first-order valence-electron chi connectivity index (χ1n) is 8.74. The van der Waals surface area contributed by atoms with Crippen molar-refractivity contribution < 1.29 is 4.39 Å². The molecule has 0 saturated heterocycles. The Morgan fingerprint density at radius 3 is 2.30 bits per heavy atom. The molecular formula is C21H20FN5. The lowest BCUT2D eigenvalue weighted by Gasteiger charge is -2.55. The first-order chi connectivity index (χ1) is 12.7. The predicted molar refractivity (Wildman–Crippen MR) is 97.9 cm³/mol.